The second-order valence-corrected chi connectivity index (χ2v) is 9.35. The van der Waals surface area contributed by atoms with E-state index < -0.39 is 0 Å². The zero-order valence-corrected chi connectivity index (χ0v) is 21.5. The van der Waals surface area contributed by atoms with Crippen molar-refractivity contribution < 1.29 is 9.15 Å². The molecule has 0 spiro atoms. The van der Waals surface area contributed by atoms with Crippen LogP contribution >= 0.6 is 0 Å². The number of furan rings is 1. The molecule has 0 bridgehead atoms. The predicted octanol–water partition coefficient (Wildman–Crippen LogP) is 6.86. The maximum atomic E-state index is 6.25. The van der Waals surface area contributed by atoms with E-state index in [-0.39, 0.29) is 12.1 Å². The van der Waals surface area contributed by atoms with Crippen LogP contribution in [0.4, 0.5) is 5.82 Å². The van der Waals surface area contributed by atoms with Crippen molar-refractivity contribution in [1.82, 2.24) is 19.7 Å². The second kappa shape index (κ2) is 9.49. The maximum absolute atomic E-state index is 6.25. The van der Waals surface area contributed by atoms with Crippen molar-refractivity contribution in [3.05, 3.63) is 89.2 Å². The third-order valence-corrected chi connectivity index (χ3v) is 6.39. The topological polar surface area (TPSA) is 78.0 Å². The smallest absolute Gasteiger partial charge is 0.137 e. The average Bonchev–Trinajstić information content (AvgIpc) is 3.39. The lowest BCUT2D eigenvalue weighted by atomic mass is 10.1. The number of nitrogens with zero attached hydrogens (tertiary/aromatic N) is 4. The van der Waals surface area contributed by atoms with Crippen LogP contribution in [0.3, 0.4) is 0 Å². The zero-order chi connectivity index (χ0) is 25.4. The van der Waals surface area contributed by atoms with E-state index in [0.29, 0.717) is 5.82 Å². The minimum Gasteiger partial charge on any atom is -0.484 e. The SMILES string of the molecule is Cc1cc(C(C)Oc2cccc(C(C)Nc3cc(-c4ccc5occ(C)c5c4)nc(C)n3)c2)n(C)n1. The minimum atomic E-state index is -0.113. The Kier molecular flexibility index (Phi) is 6.22. The molecule has 0 fully saturated rings. The Labute approximate surface area is 211 Å². The molecule has 0 saturated carbocycles. The number of hydrogen-bond acceptors (Lipinski definition) is 6. The molecule has 7 heteroatoms. The van der Waals surface area contributed by atoms with Gasteiger partial charge < -0.3 is 14.5 Å². The molecule has 0 aliphatic carbocycles. The van der Waals surface area contributed by atoms with Gasteiger partial charge in [0, 0.05) is 24.1 Å². The lowest BCUT2D eigenvalue weighted by Gasteiger charge is -2.19. The first-order chi connectivity index (χ1) is 17.3. The van der Waals surface area contributed by atoms with Crippen molar-refractivity contribution >= 4 is 16.8 Å². The van der Waals surface area contributed by atoms with Crippen LogP contribution in [0.25, 0.3) is 22.2 Å². The van der Waals surface area contributed by atoms with Crippen LogP contribution in [-0.2, 0) is 7.05 Å². The molecule has 5 aromatic rings. The van der Waals surface area contributed by atoms with Crippen LogP contribution in [0.2, 0.25) is 0 Å². The van der Waals surface area contributed by atoms with Crippen molar-refractivity contribution in [3.63, 3.8) is 0 Å². The summed E-state index contributed by atoms with van der Waals surface area (Å²) in [7, 11) is 1.94. The molecule has 2 unspecified atom stereocenters. The van der Waals surface area contributed by atoms with E-state index in [1.165, 1.54) is 0 Å². The number of fused-ring (bicyclic) bond motifs is 1. The lowest BCUT2D eigenvalue weighted by molar-refractivity contribution is 0.216. The standard InChI is InChI=1S/C29H31N5O2/c1-17-16-35-28-11-10-23(14-25(17)28)26-15-29(32-21(5)31-26)30-19(3)22-8-7-9-24(13-22)36-20(4)27-12-18(2)33-34(27)6/h7-16,19-20H,1-6H3,(H,30,31,32). The first kappa shape index (κ1) is 23.6. The van der Waals surface area contributed by atoms with Gasteiger partial charge >= 0.3 is 0 Å². The van der Waals surface area contributed by atoms with E-state index in [2.05, 4.69) is 51.6 Å². The van der Waals surface area contributed by atoms with Crippen LogP contribution in [0, 0.1) is 20.8 Å². The summed E-state index contributed by atoms with van der Waals surface area (Å²) in [5.74, 6) is 2.30. The van der Waals surface area contributed by atoms with Gasteiger partial charge in [-0.15, -0.1) is 0 Å². The largest absolute Gasteiger partial charge is 0.484 e. The third kappa shape index (κ3) is 4.82. The summed E-state index contributed by atoms with van der Waals surface area (Å²) >= 11 is 0. The molecule has 7 nitrogen and oxygen atoms in total. The van der Waals surface area contributed by atoms with Gasteiger partial charge in [-0.1, -0.05) is 12.1 Å². The molecule has 0 radical (unpaired) electrons. The van der Waals surface area contributed by atoms with Crippen molar-refractivity contribution in [1.29, 1.82) is 0 Å². The molecule has 0 aliphatic rings. The fourth-order valence-corrected chi connectivity index (χ4v) is 4.54. The highest BCUT2D eigenvalue weighted by atomic mass is 16.5. The molecular formula is C29H31N5O2. The van der Waals surface area contributed by atoms with Gasteiger partial charge in [-0.3, -0.25) is 4.68 Å². The van der Waals surface area contributed by atoms with E-state index >= 15 is 0 Å². The zero-order valence-electron chi connectivity index (χ0n) is 21.5. The predicted molar refractivity (Wildman–Crippen MR) is 142 cm³/mol. The highest BCUT2D eigenvalue weighted by Gasteiger charge is 2.15. The van der Waals surface area contributed by atoms with Gasteiger partial charge in [0.25, 0.3) is 0 Å². The Hall–Kier alpha value is -4.13. The number of hydrogen-bond donors (Lipinski definition) is 1. The van der Waals surface area contributed by atoms with Crippen LogP contribution < -0.4 is 10.1 Å². The maximum Gasteiger partial charge on any atom is 0.137 e. The molecule has 3 heterocycles. The molecule has 0 amide bonds. The Balaban J connectivity index is 1.35. The van der Waals surface area contributed by atoms with E-state index in [9.17, 15) is 0 Å². The Morgan fingerprint density at radius 3 is 2.58 bits per heavy atom. The monoisotopic (exact) mass is 481 g/mol. The van der Waals surface area contributed by atoms with Crippen molar-refractivity contribution in [3.8, 4) is 17.0 Å². The van der Waals surface area contributed by atoms with E-state index in [1.54, 1.807) is 6.26 Å². The van der Waals surface area contributed by atoms with Gasteiger partial charge in [0.15, 0.2) is 0 Å². The molecule has 0 saturated heterocycles. The van der Waals surface area contributed by atoms with Crippen LogP contribution in [0.15, 0.2) is 65.3 Å². The number of aromatic nitrogens is 4. The Morgan fingerprint density at radius 2 is 1.81 bits per heavy atom. The summed E-state index contributed by atoms with van der Waals surface area (Å²) in [5, 5.41) is 9.06. The Bertz CT molecular complexity index is 1530. The van der Waals surface area contributed by atoms with Gasteiger partial charge in [-0.05, 0) is 82.1 Å². The van der Waals surface area contributed by atoms with Gasteiger partial charge in [0.05, 0.1) is 29.4 Å². The molecule has 0 aliphatic heterocycles. The minimum absolute atomic E-state index is 0.0172. The van der Waals surface area contributed by atoms with Gasteiger partial charge in [-0.2, -0.15) is 5.10 Å². The molecule has 2 aromatic carbocycles. The summed E-state index contributed by atoms with van der Waals surface area (Å²) in [5.41, 5.74) is 7.02. The lowest BCUT2D eigenvalue weighted by Crippen LogP contribution is -2.11. The number of anilines is 1. The third-order valence-electron chi connectivity index (χ3n) is 6.39. The Morgan fingerprint density at radius 1 is 0.972 bits per heavy atom. The summed E-state index contributed by atoms with van der Waals surface area (Å²) in [6.07, 6.45) is 1.67. The number of aryl methyl sites for hydroxylation is 4. The van der Waals surface area contributed by atoms with E-state index in [0.717, 1.165) is 56.3 Å². The van der Waals surface area contributed by atoms with Crippen LogP contribution in [-0.4, -0.2) is 19.7 Å². The summed E-state index contributed by atoms with van der Waals surface area (Å²) in [4.78, 5) is 9.32. The summed E-state index contributed by atoms with van der Waals surface area (Å²) in [6, 6.07) is 18.4. The second-order valence-electron chi connectivity index (χ2n) is 9.35. The van der Waals surface area contributed by atoms with Crippen LogP contribution in [0.1, 0.15) is 54.3 Å². The number of rotatable bonds is 7. The normalized spacial score (nSPS) is 13.1. The molecular weight excluding hydrogens is 450 g/mol. The number of ether oxygens (including phenoxy) is 1. The van der Waals surface area contributed by atoms with Crippen molar-refractivity contribution in [2.75, 3.05) is 5.32 Å². The van der Waals surface area contributed by atoms with E-state index in [1.807, 2.05) is 69.8 Å². The number of nitrogens with one attached hydrogen (secondary N) is 1. The van der Waals surface area contributed by atoms with Crippen molar-refractivity contribution in [2.24, 2.45) is 7.05 Å². The highest BCUT2D eigenvalue weighted by molar-refractivity contribution is 5.85. The first-order valence-corrected chi connectivity index (χ1v) is 12.1. The fraction of sp³-hybridized carbons (Fsp3) is 0.276. The molecule has 2 atom stereocenters. The summed E-state index contributed by atoms with van der Waals surface area (Å²) in [6.45, 7) is 10.1. The van der Waals surface area contributed by atoms with Crippen LogP contribution in [0.5, 0.6) is 5.75 Å². The van der Waals surface area contributed by atoms with Gasteiger partial charge in [0.1, 0.15) is 29.1 Å². The highest BCUT2D eigenvalue weighted by Crippen LogP contribution is 2.30. The summed E-state index contributed by atoms with van der Waals surface area (Å²) < 4.78 is 13.7. The molecule has 3 aromatic heterocycles. The first-order valence-electron chi connectivity index (χ1n) is 12.1. The number of benzene rings is 2. The fourth-order valence-electron chi connectivity index (χ4n) is 4.54. The van der Waals surface area contributed by atoms with Crippen molar-refractivity contribution in [2.45, 2.75) is 46.8 Å². The molecule has 184 valence electrons. The molecule has 5 rings (SSSR count). The van der Waals surface area contributed by atoms with Gasteiger partial charge in [-0.25, -0.2) is 9.97 Å². The quantitative estimate of drug-likeness (QED) is 0.274. The van der Waals surface area contributed by atoms with Gasteiger partial charge in [0.2, 0.25) is 0 Å². The molecule has 1 N–H and O–H groups in total. The average molecular weight is 482 g/mol. The molecule has 36 heavy (non-hydrogen) atoms. The van der Waals surface area contributed by atoms with E-state index in [4.69, 9.17) is 9.15 Å².